The van der Waals surface area contributed by atoms with Crippen molar-refractivity contribution in [2.45, 2.75) is 13.1 Å². The molecule has 0 fully saturated rings. The quantitative estimate of drug-likeness (QED) is 0.910. The maximum atomic E-state index is 5.56. The van der Waals surface area contributed by atoms with Crippen LogP contribution < -0.4 is 5.73 Å². The summed E-state index contributed by atoms with van der Waals surface area (Å²) in [6.07, 6.45) is 0. The van der Waals surface area contributed by atoms with Gasteiger partial charge in [-0.2, -0.15) is 5.10 Å². The van der Waals surface area contributed by atoms with Crippen LogP contribution in [-0.4, -0.2) is 22.1 Å². The van der Waals surface area contributed by atoms with Gasteiger partial charge in [-0.15, -0.1) is 0 Å². The molecular formula is C12H15BrN4. The molecule has 0 unspecified atom stereocenters. The molecule has 4 nitrogen and oxygen atoms in total. The molecule has 0 saturated carbocycles. The summed E-state index contributed by atoms with van der Waals surface area (Å²) in [7, 11) is 2.07. The number of aromatic amines is 1. The Morgan fingerprint density at radius 2 is 2.00 bits per heavy atom. The van der Waals surface area contributed by atoms with Crippen molar-refractivity contribution >= 4 is 21.7 Å². The SMILES string of the molecule is CN(Cc1ccc(Br)cc1)Cc1cc(N)n[nH]1. The molecule has 1 aromatic heterocycles. The lowest BCUT2D eigenvalue weighted by molar-refractivity contribution is 0.315. The van der Waals surface area contributed by atoms with E-state index in [1.54, 1.807) is 0 Å². The molecule has 3 N–H and O–H groups in total. The van der Waals surface area contributed by atoms with Crippen LogP contribution in [-0.2, 0) is 13.1 Å². The molecule has 0 spiro atoms. The smallest absolute Gasteiger partial charge is 0.145 e. The van der Waals surface area contributed by atoms with Crippen molar-refractivity contribution in [1.29, 1.82) is 0 Å². The Balaban J connectivity index is 1.93. The molecule has 0 bridgehead atoms. The molecule has 5 heteroatoms. The number of nitrogen functional groups attached to an aromatic ring is 1. The normalized spacial score (nSPS) is 11.0. The second-order valence-electron chi connectivity index (χ2n) is 4.12. The van der Waals surface area contributed by atoms with Gasteiger partial charge in [-0.05, 0) is 24.7 Å². The van der Waals surface area contributed by atoms with E-state index >= 15 is 0 Å². The van der Waals surface area contributed by atoms with E-state index in [0.29, 0.717) is 5.82 Å². The van der Waals surface area contributed by atoms with Gasteiger partial charge in [0.2, 0.25) is 0 Å². The van der Waals surface area contributed by atoms with Crippen LogP contribution in [0.15, 0.2) is 34.8 Å². The molecule has 0 atom stereocenters. The van der Waals surface area contributed by atoms with E-state index in [1.807, 2.05) is 6.07 Å². The first kappa shape index (κ1) is 12.1. The maximum Gasteiger partial charge on any atom is 0.145 e. The predicted molar refractivity (Wildman–Crippen MR) is 72.3 cm³/mol. The molecular weight excluding hydrogens is 280 g/mol. The van der Waals surface area contributed by atoms with Gasteiger partial charge in [-0.1, -0.05) is 28.1 Å². The van der Waals surface area contributed by atoms with Crippen LogP contribution in [0.1, 0.15) is 11.3 Å². The first-order valence-corrected chi connectivity index (χ1v) is 6.15. The first-order valence-electron chi connectivity index (χ1n) is 5.36. The standard InChI is InChI=1S/C12H15BrN4/c1-17(8-11-6-12(14)16-15-11)7-9-2-4-10(13)5-3-9/h2-6H,7-8H2,1H3,(H3,14,15,16). The fraction of sp³-hybridized carbons (Fsp3) is 0.250. The second kappa shape index (κ2) is 5.33. The number of hydrogen-bond acceptors (Lipinski definition) is 3. The van der Waals surface area contributed by atoms with E-state index in [2.05, 4.69) is 62.3 Å². The molecule has 0 saturated heterocycles. The summed E-state index contributed by atoms with van der Waals surface area (Å²) in [6.45, 7) is 1.70. The van der Waals surface area contributed by atoms with E-state index < -0.39 is 0 Å². The molecule has 0 radical (unpaired) electrons. The highest BCUT2D eigenvalue weighted by Gasteiger charge is 2.04. The molecule has 0 aliphatic heterocycles. The van der Waals surface area contributed by atoms with Crippen LogP contribution >= 0.6 is 15.9 Å². The first-order chi connectivity index (χ1) is 8.13. The summed E-state index contributed by atoms with van der Waals surface area (Å²) >= 11 is 3.43. The van der Waals surface area contributed by atoms with Crippen LogP contribution in [0, 0.1) is 0 Å². The third-order valence-electron chi connectivity index (χ3n) is 2.46. The van der Waals surface area contributed by atoms with Gasteiger partial charge >= 0.3 is 0 Å². The highest BCUT2D eigenvalue weighted by atomic mass is 79.9. The largest absolute Gasteiger partial charge is 0.382 e. The average Bonchev–Trinajstić information content (AvgIpc) is 2.67. The van der Waals surface area contributed by atoms with E-state index in [0.717, 1.165) is 23.3 Å². The molecule has 1 heterocycles. The Bertz CT molecular complexity index is 478. The summed E-state index contributed by atoms with van der Waals surface area (Å²) in [5.41, 5.74) is 7.87. The van der Waals surface area contributed by atoms with Crippen LogP contribution in [0.3, 0.4) is 0 Å². The minimum absolute atomic E-state index is 0.539. The third kappa shape index (κ3) is 3.57. The zero-order valence-electron chi connectivity index (χ0n) is 9.65. The average molecular weight is 295 g/mol. The van der Waals surface area contributed by atoms with Gasteiger partial charge in [0.15, 0.2) is 0 Å². The molecule has 0 amide bonds. The fourth-order valence-corrected chi connectivity index (χ4v) is 1.97. The number of nitrogens with one attached hydrogen (secondary N) is 1. The van der Waals surface area contributed by atoms with Crippen molar-refractivity contribution < 1.29 is 0 Å². The highest BCUT2D eigenvalue weighted by Crippen LogP contribution is 2.13. The Morgan fingerprint density at radius 1 is 1.29 bits per heavy atom. The number of rotatable bonds is 4. The summed E-state index contributed by atoms with van der Waals surface area (Å²) in [5.74, 6) is 0.539. The monoisotopic (exact) mass is 294 g/mol. The summed E-state index contributed by atoms with van der Waals surface area (Å²) < 4.78 is 1.10. The minimum atomic E-state index is 0.539. The molecule has 0 aliphatic rings. The predicted octanol–water partition coefficient (Wildman–Crippen LogP) is 2.39. The van der Waals surface area contributed by atoms with Crippen LogP contribution in [0.2, 0.25) is 0 Å². The number of H-pyrrole nitrogens is 1. The number of nitrogens with two attached hydrogens (primary N) is 1. The van der Waals surface area contributed by atoms with Gasteiger partial charge in [0, 0.05) is 23.6 Å². The minimum Gasteiger partial charge on any atom is -0.382 e. The number of aromatic nitrogens is 2. The zero-order chi connectivity index (χ0) is 12.3. The topological polar surface area (TPSA) is 57.9 Å². The number of nitrogens with zero attached hydrogens (tertiary/aromatic N) is 2. The molecule has 0 aliphatic carbocycles. The van der Waals surface area contributed by atoms with E-state index in [9.17, 15) is 0 Å². The lowest BCUT2D eigenvalue weighted by Gasteiger charge is -2.15. The number of halogens is 1. The van der Waals surface area contributed by atoms with Gasteiger partial charge in [-0.25, -0.2) is 0 Å². The molecule has 17 heavy (non-hydrogen) atoms. The Morgan fingerprint density at radius 3 is 2.59 bits per heavy atom. The maximum absolute atomic E-state index is 5.56. The molecule has 90 valence electrons. The molecule has 2 aromatic rings. The fourth-order valence-electron chi connectivity index (χ4n) is 1.71. The van der Waals surface area contributed by atoms with Crippen molar-refractivity contribution in [1.82, 2.24) is 15.1 Å². The Kier molecular flexibility index (Phi) is 3.81. The number of hydrogen-bond donors (Lipinski definition) is 2. The van der Waals surface area contributed by atoms with Gasteiger partial charge in [0.25, 0.3) is 0 Å². The van der Waals surface area contributed by atoms with Crippen LogP contribution in [0.4, 0.5) is 5.82 Å². The van der Waals surface area contributed by atoms with Gasteiger partial charge in [-0.3, -0.25) is 10.00 Å². The number of benzene rings is 1. The second-order valence-corrected chi connectivity index (χ2v) is 5.03. The lowest BCUT2D eigenvalue weighted by Crippen LogP contribution is -2.17. The van der Waals surface area contributed by atoms with Crippen molar-refractivity contribution in [3.05, 3.63) is 46.1 Å². The Hall–Kier alpha value is -1.33. The summed E-state index contributed by atoms with van der Waals surface area (Å²) in [6, 6.07) is 10.2. The molecule has 1 aromatic carbocycles. The van der Waals surface area contributed by atoms with Crippen molar-refractivity contribution in [2.24, 2.45) is 0 Å². The lowest BCUT2D eigenvalue weighted by atomic mass is 10.2. The van der Waals surface area contributed by atoms with E-state index in [4.69, 9.17) is 5.73 Å². The summed E-state index contributed by atoms with van der Waals surface area (Å²) in [4.78, 5) is 2.20. The van der Waals surface area contributed by atoms with Crippen molar-refractivity contribution in [2.75, 3.05) is 12.8 Å². The number of anilines is 1. The zero-order valence-corrected chi connectivity index (χ0v) is 11.2. The van der Waals surface area contributed by atoms with Crippen molar-refractivity contribution in [3.63, 3.8) is 0 Å². The van der Waals surface area contributed by atoms with Crippen LogP contribution in [0.25, 0.3) is 0 Å². The summed E-state index contributed by atoms with van der Waals surface area (Å²) in [5, 5.41) is 6.82. The van der Waals surface area contributed by atoms with E-state index in [-0.39, 0.29) is 0 Å². The van der Waals surface area contributed by atoms with Gasteiger partial charge in [0.1, 0.15) is 5.82 Å². The van der Waals surface area contributed by atoms with Gasteiger partial charge < -0.3 is 5.73 Å². The molecule has 2 rings (SSSR count). The Labute approximate surface area is 109 Å². The van der Waals surface area contributed by atoms with Crippen LogP contribution in [0.5, 0.6) is 0 Å². The van der Waals surface area contributed by atoms with Gasteiger partial charge in [0.05, 0.1) is 5.69 Å². The van der Waals surface area contributed by atoms with Crippen molar-refractivity contribution in [3.8, 4) is 0 Å². The highest BCUT2D eigenvalue weighted by molar-refractivity contribution is 9.10. The van der Waals surface area contributed by atoms with E-state index in [1.165, 1.54) is 5.56 Å². The third-order valence-corrected chi connectivity index (χ3v) is 2.99.